The van der Waals surface area contributed by atoms with E-state index >= 15 is 0 Å². The van der Waals surface area contributed by atoms with Crippen molar-refractivity contribution in [3.8, 4) is 17.6 Å². The minimum absolute atomic E-state index is 0.290. The summed E-state index contributed by atoms with van der Waals surface area (Å²) >= 11 is 1.64. The Morgan fingerprint density at radius 3 is 2.86 bits per heavy atom. The van der Waals surface area contributed by atoms with Crippen LogP contribution < -0.4 is 16.0 Å². The molecule has 0 atom stereocenters. The summed E-state index contributed by atoms with van der Waals surface area (Å²) in [5.74, 6) is 6.92. The molecule has 3 aromatic rings. The number of rotatable bonds is 8. The molecule has 35 heavy (non-hydrogen) atoms. The molecule has 3 heterocycles. The highest BCUT2D eigenvalue weighted by molar-refractivity contribution is 7.10. The number of methoxy groups -OCH3 is 1. The Morgan fingerprint density at radius 1 is 1.34 bits per heavy atom. The molecular weight excluding hydrogens is 460 g/mol. The number of hydrogen-bond donors (Lipinski definition) is 3. The minimum atomic E-state index is -0.587. The molecule has 1 aliphatic heterocycles. The van der Waals surface area contributed by atoms with Gasteiger partial charge in [0.05, 0.1) is 29.5 Å². The summed E-state index contributed by atoms with van der Waals surface area (Å²) in [6, 6.07) is 9.88. The highest BCUT2D eigenvalue weighted by atomic mass is 32.1. The number of hydrogen-bond acceptors (Lipinski definition) is 7. The van der Waals surface area contributed by atoms with E-state index in [0.29, 0.717) is 32.4 Å². The van der Waals surface area contributed by atoms with E-state index < -0.39 is 5.41 Å². The molecule has 0 unspecified atom stereocenters. The van der Waals surface area contributed by atoms with E-state index in [0.717, 1.165) is 58.6 Å². The Balaban J connectivity index is 1.43. The Labute approximate surface area is 210 Å². The molecule has 0 radical (unpaired) electrons. The predicted molar refractivity (Wildman–Crippen MR) is 138 cm³/mol. The molecule has 0 bridgehead atoms. The van der Waals surface area contributed by atoms with E-state index in [4.69, 9.17) is 10.5 Å². The second-order valence-corrected chi connectivity index (χ2v) is 9.93. The number of fused-ring (bicyclic) bond motifs is 1. The average Bonchev–Trinajstić information content (AvgIpc) is 3.42. The van der Waals surface area contributed by atoms with Crippen molar-refractivity contribution in [3.05, 3.63) is 57.9 Å². The van der Waals surface area contributed by atoms with Gasteiger partial charge in [-0.05, 0) is 72.9 Å². The summed E-state index contributed by atoms with van der Waals surface area (Å²) < 4.78 is 5.42. The van der Waals surface area contributed by atoms with Crippen LogP contribution in [0, 0.1) is 17.3 Å². The molecule has 2 aromatic heterocycles. The number of carbonyl (C=O) groups is 1. The van der Waals surface area contributed by atoms with Crippen LogP contribution in [0.25, 0.3) is 10.9 Å². The van der Waals surface area contributed by atoms with Crippen LogP contribution in [0.15, 0.2) is 41.9 Å². The zero-order valence-corrected chi connectivity index (χ0v) is 20.9. The fourth-order valence-electron chi connectivity index (χ4n) is 4.91. The van der Waals surface area contributed by atoms with E-state index in [-0.39, 0.29) is 5.91 Å². The summed E-state index contributed by atoms with van der Waals surface area (Å²) in [5.41, 5.74) is 10.4. The van der Waals surface area contributed by atoms with E-state index in [1.54, 1.807) is 18.4 Å². The van der Waals surface area contributed by atoms with Gasteiger partial charge in [0.25, 0.3) is 0 Å². The molecule has 0 spiro atoms. The molecule has 1 fully saturated rings. The lowest BCUT2D eigenvalue weighted by Gasteiger charge is -2.39. The van der Waals surface area contributed by atoms with Crippen LogP contribution in [0.1, 0.15) is 41.7 Å². The number of carbonyl (C=O) groups excluding carboxylic acids is 1. The van der Waals surface area contributed by atoms with Gasteiger partial charge in [-0.15, -0.1) is 11.3 Å². The van der Waals surface area contributed by atoms with Gasteiger partial charge in [0.2, 0.25) is 5.91 Å². The Hall–Kier alpha value is -2.96. The molecule has 8 heteroatoms. The summed E-state index contributed by atoms with van der Waals surface area (Å²) in [6.45, 7) is 2.63. The van der Waals surface area contributed by atoms with Gasteiger partial charge in [0, 0.05) is 31.2 Å². The maximum Gasteiger partial charge on any atom is 0.249 e. The molecule has 1 aromatic carbocycles. The van der Waals surface area contributed by atoms with Gasteiger partial charge in [0.1, 0.15) is 5.75 Å². The van der Waals surface area contributed by atoms with Crippen LogP contribution in [0.3, 0.4) is 0 Å². The standard InChI is InChI=1S/C27H32N4O3S/c1-34-21-8-9-25-24(17-21)23(20(18-28)19-29-25)7-2-10-27(26(32)30-33)11-14-31(15-12-27)13-3-5-22-6-4-16-35-22/h4,6,8-9,16-17,19,33H,2,7,10-15,18,28H2,1H3,(H,30,32). The van der Waals surface area contributed by atoms with Crippen molar-refractivity contribution in [2.75, 3.05) is 26.7 Å². The lowest BCUT2D eigenvalue weighted by Crippen LogP contribution is -2.48. The van der Waals surface area contributed by atoms with E-state index in [2.05, 4.69) is 21.7 Å². The van der Waals surface area contributed by atoms with Crippen LogP contribution in [0.4, 0.5) is 0 Å². The van der Waals surface area contributed by atoms with Gasteiger partial charge in [-0.25, -0.2) is 5.48 Å². The lowest BCUT2D eigenvalue weighted by atomic mass is 9.73. The number of ether oxygens (including phenoxy) is 1. The minimum Gasteiger partial charge on any atom is -0.497 e. The van der Waals surface area contributed by atoms with Gasteiger partial charge in [-0.1, -0.05) is 17.9 Å². The van der Waals surface area contributed by atoms with Gasteiger partial charge in [0.15, 0.2) is 0 Å². The monoisotopic (exact) mass is 492 g/mol. The first kappa shape index (κ1) is 25.1. The van der Waals surface area contributed by atoms with Gasteiger partial charge < -0.3 is 10.5 Å². The van der Waals surface area contributed by atoms with Gasteiger partial charge in [-0.3, -0.25) is 19.9 Å². The van der Waals surface area contributed by atoms with Crippen molar-refractivity contribution in [2.45, 2.75) is 38.6 Å². The van der Waals surface area contributed by atoms with Crippen molar-refractivity contribution in [1.82, 2.24) is 15.4 Å². The molecule has 1 aliphatic rings. The Kier molecular flexibility index (Phi) is 8.37. The Bertz CT molecular complexity index is 1200. The molecule has 1 amide bonds. The van der Waals surface area contributed by atoms with Gasteiger partial charge >= 0.3 is 0 Å². The first-order chi connectivity index (χ1) is 17.1. The molecule has 1 saturated heterocycles. The fraction of sp³-hybridized carbons (Fsp3) is 0.407. The van der Waals surface area contributed by atoms with E-state index in [9.17, 15) is 10.0 Å². The lowest BCUT2D eigenvalue weighted by molar-refractivity contribution is -0.143. The quantitative estimate of drug-likeness (QED) is 0.252. The number of hydroxylamine groups is 1. The molecule has 7 nitrogen and oxygen atoms in total. The number of aryl methyl sites for hydroxylation is 1. The van der Waals surface area contributed by atoms with Crippen molar-refractivity contribution >= 4 is 28.1 Å². The van der Waals surface area contributed by atoms with Crippen LogP contribution in [0.2, 0.25) is 0 Å². The smallest absolute Gasteiger partial charge is 0.249 e. The SMILES string of the molecule is COc1ccc2ncc(CN)c(CCCC3(C(=O)NO)CCN(CC#Cc4cccs4)CC3)c2c1. The number of likely N-dealkylation sites (tertiary alicyclic amines) is 1. The molecular formula is C27H32N4O3S. The van der Waals surface area contributed by atoms with Crippen molar-refractivity contribution in [1.29, 1.82) is 0 Å². The van der Waals surface area contributed by atoms with Crippen molar-refractivity contribution in [3.63, 3.8) is 0 Å². The van der Waals surface area contributed by atoms with Gasteiger partial charge in [-0.2, -0.15) is 0 Å². The topological polar surface area (TPSA) is 101 Å². The number of thiophene rings is 1. The van der Waals surface area contributed by atoms with Crippen LogP contribution in [-0.4, -0.2) is 47.7 Å². The number of amides is 1. The number of piperidine rings is 1. The number of nitrogens with zero attached hydrogens (tertiary/aromatic N) is 2. The molecule has 4 N–H and O–H groups in total. The second kappa shape index (κ2) is 11.6. The first-order valence-electron chi connectivity index (χ1n) is 11.9. The first-order valence-corrected chi connectivity index (χ1v) is 12.8. The molecule has 0 saturated carbocycles. The number of nitrogens with one attached hydrogen (secondary N) is 1. The Morgan fingerprint density at radius 2 is 2.17 bits per heavy atom. The van der Waals surface area contributed by atoms with Crippen molar-refractivity contribution in [2.24, 2.45) is 11.1 Å². The van der Waals surface area contributed by atoms with E-state index in [1.807, 2.05) is 47.4 Å². The summed E-state index contributed by atoms with van der Waals surface area (Å²) in [6.07, 6.45) is 5.48. The molecule has 4 rings (SSSR count). The van der Waals surface area contributed by atoms with E-state index in [1.165, 1.54) is 0 Å². The van der Waals surface area contributed by atoms with Crippen LogP contribution in [0.5, 0.6) is 5.75 Å². The molecule has 0 aliphatic carbocycles. The fourth-order valence-corrected chi connectivity index (χ4v) is 5.50. The normalized spacial score (nSPS) is 15.4. The zero-order chi connectivity index (χ0) is 24.7. The van der Waals surface area contributed by atoms with Crippen molar-refractivity contribution < 1.29 is 14.7 Å². The average molecular weight is 493 g/mol. The summed E-state index contributed by atoms with van der Waals surface area (Å²) in [7, 11) is 1.65. The zero-order valence-electron chi connectivity index (χ0n) is 20.0. The second-order valence-electron chi connectivity index (χ2n) is 8.98. The third kappa shape index (κ3) is 5.82. The highest BCUT2D eigenvalue weighted by Crippen LogP contribution is 2.37. The maximum atomic E-state index is 12.8. The number of benzene rings is 1. The number of aromatic nitrogens is 1. The van der Waals surface area contributed by atoms with Crippen LogP contribution in [-0.2, 0) is 17.8 Å². The van der Waals surface area contributed by atoms with Crippen LogP contribution >= 0.6 is 11.3 Å². The number of pyridine rings is 1. The maximum absolute atomic E-state index is 12.8. The third-order valence-corrected chi connectivity index (χ3v) is 7.80. The molecule has 184 valence electrons. The predicted octanol–water partition coefficient (Wildman–Crippen LogP) is 3.73. The largest absolute Gasteiger partial charge is 0.497 e. The third-order valence-electron chi connectivity index (χ3n) is 7.01. The summed E-state index contributed by atoms with van der Waals surface area (Å²) in [4.78, 5) is 20.7. The number of nitrogens with two attached hydrogens (primary N) is 1. The summed E-state index contributed by atoms with van der Waals surface area (Å²) in [5, 5.41) is 12.5. The highest BCUT2D eigenvalue weighted by Gasteiger charge is 2.40.